The number of phenolic OH excluding ortho intramolecular Hbond substituents is 1. The van der Waals surface area contributed by atoms with Gasteiger partial charge in [0.1, 0.15) is 5.75 Å². The number of aromatic carboxylic acids is 1. The first-order chi connectivity index (χ1) is 12.4. The van der Waals surface area contributed by atoms with E-state index in [-0.39, 0.29) is 11.7 Å². The van der Waals surface area contributed by atoms with Crippen LogP contribution in [0.25, 0.3) is 0 Å². The van der Waals surface area contributed by atoms with Gasteiger partial charge in [-0.15, -0.1) is 6.58 Å². The Morgan fingerprint density at radius 2 is 2.00 bits per heavy atom. The van der Waals surface area contributed by atoms with Crippen molar-refractivity contribution in [3.8, 4) is 5.75 Å². The van der Waals surface area contributed by atoms with Crippen molar-refractivity contribution in [2.24, 2.45) is 0 Å². The van der Waals surface area contributed by atoms with Gasteiger partial charge in [0.25, 0.3) is 0 Å². The maximum atomic E-state index is 11.8. The average molecular weight is 359 g/mol. The van der Waals surface area contributed by atoms with Gasteiger partial charge in [-0.3, -0.25) is 0 Å². The van der Waals surface area contributed by atoms with Crippen LogP contribution in [0.15, 0.2) is 30.4 Å². The molecule has 2 N–H and O–H groups in total. The fourth-order valence-corrected chi connectivity index (χ4v) is 3.75. The number of benzene rings is 1. The molecule has 26 heavy (non-hydrogen) atoms. The zero-order chi connectivity index (χ0) is 19.7. The molecule has 144 valence electrons. The Kier molecular flexibility index (Phi) is 9.18. The Morgan fingerprint density at radius 3 is 2.54 bits per heavy atom. The van der Waals surface area contributed by atoms with Gasteiger partial charge < -0.3 is 10.2 Å². The van der Waals surface area contributed by atoms with Crippen LogP contribution in [0.5, 0.6) is 5.75 Å². The fourth-order valence-electron chi connectivity index (χ4n) is 3.75. The summed E-state index contributed by atoms with van der Waals surface area (Å²) < 4.78 is 0. The third kappa shape index (κ3) is 5.76. The number of hydrogen-bond acceptors (Lipinski definition) is 2. The summed E-state index contributed by atoms with van der Waals surface area (Å²) in [4.78, 5) is 11.8. The van der Waals surface area contributed by atoms with Crippen molar-refractivity contribution in [1.82, 2.24) is 0 Å². The van der Waals surface area contributed by atoms with Crippen LogP contribution in [0, 0.1) is 6.92 Å². The largest absolute Gasteiger partial charge is 0.508 e. The minimum absolute atomic E-state index is 0.131. The first-order valence-electron chi connectivity index (χ1n) is 9.70. The maximum Gasteiger partial charge on any atom is 0.336 e. The molecule has 0 fully saturated rings. The Balaban J connectivity index is 0.00000105. The molecule has 1 atom stereocenters. The normalized spacial score (nSPS) is 16.3. The number of allylic oxidation sites excluding steroid dienone is 3. The van der Waals surface area contributed by atoms with Crippen molar-refractivity contribution in [3.05, 3.63) is 52.6 Å². The Bertz CT molecular complexity index is 656. The van der Waals surface area contributed by atoms with Gasteiger partial charge >= 0.3 is 5.97 Å². The van der Waals surface area contributed by atoms with Crippen molar-refractivity contribution in [2.75, 3.05) is 0 Å². The van der Waals surface area contributed by atoms with E-state index < -0.39 is 5.97 Å². The molecule has 0 saturated heterocycles. The first-order valence-corrected chi connectivity index (χ1v) is 9.70. The van der Waals surface area contributed by atoms with E-state index in [1.54, 1.807) is 12.1 Å². The van der Waals surface area contributed by atoms with Gasteiger partial charge in [-0.05, 0) is 70.1 Å². The van der Waals surface area contributed by atoms with Gasteiger partial charge in [0.15, 0.2) is 0 Å². The van der Waals surface area contributed by atoms with Crippen LogP contribution < -0.4 is 0 Å². The second-order valence-electron chi connectivity index (χ2n) is 7.15. The summed E-state index contributed by atoms with van der Waals surface area (Å²) in [6.07, 6.45) is 10.9. The molecule has 1 aliphatic rings. The van der Waals surface area contributed by atoms with Gasteiger partial charge in [0, 0.05) is 11.5 Å². The van der Waals surface area contributed by atoms with Crippen LogP contribution in [-0.2, 0) is 6.42 Å². The fraction of sp³-hybridized carbons (Fsp3) is 0.522. The van der Waals surface area contributed by atoms with E-state index in [0.717, 1.165) is 55.2 Å². The average Bonchev–Trinajstić information content (AvgIpc) is 2.55. The molecule has 0 heterocycles. The lowest BCUT2D eigenvalue weighted by Crippen LogP contribution is -2.12. The molecule has 2 rings (SSSR count). The molecule has 0 bridgehead atoms. The van der Waals surface area contributed by atoms with Crippen molar-refractivity contribution >= 4 is 5.97 Å². The molecule has 1 unspecified atom stereocenters. The third-order valence-corrected chi connectivity index (χ3v) is 4.89. The van der Waals surface area contributed by atoms with E-state index in [4.69, 9.17) is 0 Å². The van der Waals surface area contributed by atoms with Crippen LogP contribution in [-0.4, -0.2) is 16.2 Å². The van der Waals surface area contributed by atoms with Crippen molar-refractivity contribution in [1.29, 1.82) is 0 Å². The van der Waals surface area contributed by atoms with Crippen LogP contribution in [0.3, 0.4) is 0 Å². The summed E-state index contributed by atoms with van der Waals surface area (Å²) in [7, 11) is 0. The molecule has 3 nitrogen and oxygen atoms in total. The molecule has 1 aromatic carbocycles. The van der Waals surface area contributed by atoms with Crippen molar-refractivity contribution in [3.63, 3.8) is 0 Å². The van der Waals surface area contributed by atoms with Gasteiger partial charge in [0.05, 0.1) is 5.56 Å². The summed E-state index contributed by atoms with van der Waals surface area (Å²) in [5.74, 6) is -0.492. The van der Waals surface area contributed by atoms with Gasteiger partial charge in [-0.2, -0.15) is 0 Å². The van der Waals surface area contributed by atoms with E-state index in [1.807, 2.05) is 13.8 Å². The number of carboxylic acid groups (broad SMARTS) is 1. The molecule has 0 saturated carbocycles. The number of unbranched alkanes of at least 4 members (excludes halogenated alkanes) is 2. The van der Waals surface area contributed by atoms with Gasteiger partial charge in [-0.25, -0.2) is 4.79 Å². The second-order valence-corrected chi connectivity index (χ2v) is 7.15. The molecule has 1 aromatic rings. The number of carboxylic acids is 1. The first kappa shape index (κ1) is 22.0. The molecule has 1 aliphatic carbocycles. The summed E-state index contributed by atoms with van der Waals surface area (Å²) in [5.41, 5.74) is 4.02. The molecular formula is C23H34O3. The number of carbonyl (C=O) groups is 1. The highest BCUT2D eigenvalue weighted by Crippen LogP contribution is 2.40. The smallest absolute Gasteiger partial charge is 0.336 e. The summed E-state index contributed by atoms with van der Waals surface area (Å²) in [6.45, 7) is 11.3. The highest BCUT2D eigenvalue weighted by Gasteiger charge is 2.25. The zero-order valence-corrected chi connectivity index (χ0v) is 16.8. The number of aryl methyl sites for hydroxylation is 1. The summed E-state index contributed by atoms with van der Waals surface area (Å²) >= 11 is 0. The van der Waals surface area contributed by atoms with Crippen LogP contribution >= 0.6 is 0 Å². The van der Waals surface area contributed by atoms with Crippen molar-refractivity contribution in [2.45, 2.75) is 78.6 Å². The molecule has 0 aliphatic heterocycles. The lowest BCUT2D eigenvalue weighted by Gasteiger charge is -2.24. The quantitative estimate of drug-likeness (QED) is 0.448. The highest BCUT2D eigenvalue weighted by molar-refractivity contribution is 5.92. The van der Waals surface area contributed by atoms with Gasteiger partial charge in [0.2, 0.25) is 0 Å². The third-order valence-electron chi connectivity index (χ3n) is 4.89. The minimum Gasteiger partial charge on any atom is -0.508 e. The lowest BCUT2D eigenvalue weighted by atomic mass is 9.81. The molecule has 0 amide bonds. The molecular weight excluding hydrogens is 324 g/mol. The predicted octanol–water partition coefficient (Wildman–Crippen LogP) is 6.54. The number of hydrogen-bond donors (Lipinski definition) is 2. The van der Waals surface area contributed by atoms with Crippen LogP contribution in [0.2, 0.25) is 0 Å². The molecule has 3 heteroatoms. The predicted molar refractivity (Wildman–Crippen MR) is 109 cm³/mol. The SMILES string of the molecule is C=CC.CCCCCc1cc(O)c(C2C=C(C)CCC2)c(C)c1C(=O)O. The van der Waals surface area contributed by atoms with E-state index in [0.29, 0.717) is 12.0 Å². The second kappa shape index (κ2) is 10.8. The summed E-state index contributed by atoms with van der Waals surface area (Å²) in [5, 5.41) is 20.2. The zero-order valence-electron chi connectivity index (χ0n) is 16.8. The molecule has 0 radical (unpaired) electrons. The van der Waals surface area contributed by atoms with E-state index in [2.05, 4.69) is 26.5 Å². The topological polar surface area (TPSA) is 57.5 Å². The van der Waals surface area contributed by atoms with E-state index in [9.17, 15) is 15.0 Å². The Morgan fingerprint density at radius 1 is 1.35 bits per heavy atom. The number of phenols is 1. The number of aromatic hydroxyl groups is 1. The standard InChI is InChI=1S/C20H28O3.C3H6/c1-4-5-6-9-16-12-17(21)18(14(3)19(16)20(22)23)15-10-7-8-13(2)11-15;1-3-2/h11-12,15,21H,4-10H2,1-3H3,(H,22,23);3H,1H2,2H3. The maximum absolute atomic E-state index is 11.8. The summed E-state index contributed by atoms with van der Waals surface area (Å²) in [6, 6.07) is 1.69. The molecule has 0 spiro atoms. The Hall–Kier alpha value is -2.03. The van der Waals surface area contributed by atoms with Crippen LogP contribution in [0.4, 0.5) is 0 Å². The lowest BCUT2D eigenvalue weighted by molar-refractivity contribution is 0.0694. The van der Waals surface area contributed by atoms with E-state index >= 15 is 0 Å². The monoisotopic (exact) mass is 358 g/mol. The van der Waals surface area contributed by atoms with Crippen molar-refractivity contribution < 1.29 is 15.0 Å². The van der Waals surface area contributed by atoms with Crippen LogP contribution in [0.1, 0.15) is 92.3 Å². The Labute approximate surface area is 158 Å². The minimum atomic E-state index is -0.883. The number of rotatable bonds is 6. The van der Waals surface area contributed by atoms with E-state index in [1.165, 1.54) is 5.57 Å². The van der Waals surface area contributed by atoms with Gasteiger partial charge in [-0.1, -0.05) is 37.5 Å². The highest BCUT2D eigenvalue weighted by atomic mass is 16.4. The molecule has 0 aromatic heterocycles.